The van der Waals surface area contributed by atoms with Crippen molar-refractivity contribution in [2.45, 2.75) is 18.4 Å². The van der Waals surface area contributed by atoms with Gasteiger partial charge in [0.15, 0.2) is 0 Å². The number of rotatable bonds is 4. The van der Waals surface area contributed by atoms with Crippen LogP contribution in [0.4, 0.5) is 16.2 Å². The van der Waals surface area contributed by atoms with Crippen LogP contribution in [0.5, 0.6) is 0 Å². The molecule has 0 saturated heterocycles. The number of esters is 1. The van der Waals surface area contributed by atoms with Crippen LogP contribution in [0.2, 0.25) is 0 Å². The normalized spacial score (nSPS) is 23.0. The highest BCUT2D eigenvalue weighted by Crippen LogP contribution is 2.39. The summed E-state index contributed by atoms with van der Waals surface area (Å²) in [6.07, 6.45) is 0.00826. The number of nitrogens with one attached hydrogen (secondary N) is 2. The largest absolute Gasteiger partial charge is 0.481 e. The Morgan fingerprint density at radius 1 is 1.27 bits per heavy atom. The lowest BCUT2D eigenvalue weighted by Gasteiger charge is -2.43. The van der Waals surface area contributed by atoms with Gasteiger partial charge in [0.05, 0.1) is 13.0 Å². The van der Waals surface area contributed by atoms with Crippen LogP contribution in [0.1, 0.15) is 12.8 Å². The first-order chi connectivity index (χ1) is 10.4. The number of aliphatic carboxylic acids is 1. The first-order valence-corrected chi connectivity index (χ1v) is 6.62. The van der Waals surface area contributed by atoms with Gasteiger partial charge in [-0.2, -0.15) is 0 Å². The molecular weight excluding hydrogens is 290 g/mol. The van der Waals surface area contributed by atoms with E-state index in [9.17, 15) is 14.4 Å². The molecule has 1 aliphatic rings. The van der Waals surface area contributed by atoms with E-state index in [1.54, 1.807) is 24.3 Å². The fourth-order valence-electron chi connectivity index (χ4n) is 2.42. The van der Waals surface area contributed by atoms with E-state index in [1.807, 2.05) is 0 Å². The minimum absolute atomic E-state index is 0.00413. The van der Waals surface area contributed by atoms with E-state index < -0.39 is 29.4 Å². The minimum Gasteiger partial charge on any atom is -0.481 e. The molecule has 8 heteroatoms. The average molecular weight is 307 g/mol. The molecule has 0 heterocycles. The van der Waals surface area contributed by atoms with Crippen LogP contribution >= 0.6 is 0 Å². The summed E-state index contributed by atoms with van der Waals surface area (Å²) < 4.78 is 4.66. The molecule has 0 radical (unpaired) electrons. The fraction of sp³-hybridized carbons (Fsp3) is 0.357. The number of ether oxygens (including phenoxy) is 1. The van der Waals surface area contributed by atoms with Crippen molar-refractivity contribution in [3.8, 4) is 0 Å². The summed E-state index contributed by atoms with van der Waals surface area (Å²) >= 11 is 0. The maximum absolute atomic E-state index is 12.0. The Morgan fingerprint density at radius 3 is 2.36 bits per heavy atom. The maximum Gasteiger partial charge on any atom is 0.331 e. The first-order valence-electron chi connectivity index (χ1n) is 6.62. The Labute approximate surface area is 126 Å². The zero-order valence-corrected chi connectivity index (χ0v) is 12.0. The highest BCUT2D eigenvalue weighted by atomic mass is 16.5. The summed E-state index contributed by atoms with van der Waals surface area (Å²) in [6, 6.07) is 5.85. The quantitative estimate of drug-likeness (QED) is 0.480. The van der Waals surface area contributed by atoms with Crippen molar-refractivity contribution in [3.05, 3.63) is 24.3 Å². The Morgan fingerprint density at radius 2 is 1.86 bits per heavy atom. The molecule has 0 bridgehead atoms. The zero-order chi connectivity index (χ0) is 16.3. The highest BCUT2D eigenvalue weighted by Gasteiger charge is 2.55. The molecule has 0 atom stereocenters. The zero-order valence-electron chi connectivity index (χ0n) is 12.0. The van der Waals surface area contributed by atoms with Crippen LogP contribution in [0.25, 0.3) is 0 Å². The van der Waals surface area contributed by atoms with Gasteiger partial charge in [0.2, 0.25) is 0 Å². The van der Waals surface area contributed by atoms with Gasteiger partial charge in [-0.25, -0.2) is 9.59 Å². The van der Waals surface area contributed by atoms with Crippen LogP contribution in [-0.4, -0.2) is 35.7 Å². The van der Waals surface area contributed by atoms with Crippen molar-refractivity contribution in [3.63, 3.8) is 0 Å². The molecule has 22 heavy (non-hydrogen) atoms. The lowest BCUT2D eigenvalue weighted by Crippen LogP contribution is -2.64. The predicted molar refractivity (Wildman–Crippen MR) is 78.1 cm³/mol. The number of nitrogens with two attached hydrogens (primary N) is 1. The molecule has 0 unspecified atom stereocenters. The number of benzene rings is 1. The van der Waals surface area contributed by atoms with Crippen molar-refractivity contribution < 1.29 is 24.2 Å². The summed E-state index contributed by atoms with van der Waals surface area (Å²) in [5.41, 5.74) is 5.31. The van der Waals surface area contributed by atoms with E-state index in [1.165, 1.54) is 7.11 Å². The third-order valence-electron chi connectivity index (χ3n) is 3.64. The standard InChI is InChI=1S/C14H17N3O5/c1-22-12(20)14(6-8(7-14)11(18)19)17-13(21)16-10-4-2-9(15)3-5-10/h2-5,8H,6-7,15H2,1H3,(H,18,19)(H2,16,17,21). The topological polar surface area (TPSA) is 131 Å². The number of amides is 2. The molecule has 2 rings (SSSR count). The van der Waals surface area contributed by atoms with E-state index in [0.29, 0.717) is 11.4 Å². The molecule has 0 spiro atoms. The predicted octanol–water partition coefficient (Wildman–Crippen LogP) is 0.797. The second kappa shape index (κ2) is 5.92. The summed E-state index contributed by atoms with van der Waals surface area (Å²) in [5, 5.41) is 14.0. The Balaban J connectivity index is 2.02. The molecule has 1 saturated carbocycles. The molecule has 118 valence electrons. The van der Waals surface area contributed by atoms with Crippen LogP contribution in [-0.2, 0) is 14.3 Å². The Bertz CT molecular complexity index is 593. The van der Waals surface area contributed by atoms with Gasteiger partial charge in [0.25, 0.3) is 0 Å². The van der Waals surface area contributed by atoms with Crippen molar-refractivity contribution >= 4 is 29.3 Å². The highest BCUT2D eigenvalue weighted by molar-refractivity contribution is 5.96. The number of carbonyl (C=O) groups excluding carboxylic acids is 2. The second-order valence-corrected chi connectivity index (χ2v) is 5.22. The fourth-order valence-corrected chi connectivity index (χ4v) is 2.42. The van der Waals surface area contributed by atoms with Gasteiger partial charge in [-0.1, -0.05) is 0 Å². The van der Waals surface area contributed by atoms with Gasteiger partial charge in [0.1, 0.15) is 5.54 Å². The number of urea groups is 1. The van der Waals surface area contributed by atoms with Crippen molar-refractivity contribution in [2.24, 2.45) is 5.92 Å². The maximum atomic E-state index is 12.0. The number of nitrogen functional groups attached to an aromatic ring is 1. The molecule has 0 aromatic heterocycles. The lowest BCUT2D eigenvalue weighted by molar-refractivity contribution is -0.160. The van der Waals surface area contributed by atoms with E-state index in [-0.39, 0.29) is 12.8 Å². The van der Waals surface area contributed by atoms with Gasteiger partial charge >= 0.3 is 18.0 Å². The Hall–Kier alpha value is -2.77. The molecule has 0 aliphatic heterocycles. The number of methoxy groups -OCH3 is 1. The molecular formula is C14H17N3O5. The average Bonchev–Trinajstić information content (AvgIpc) is 2.43. The molecule has 2 amide bonds. The van der Waals surface area contributed by atoms with E-state index in [0.717, 1.165) is 0 Å². The summed E-state index contributed by atoms with van der Waals surface area (Å²) in [7, 11) is 1.19. The van der Waals surface area contributed by atoms with Crippen LogP contribution < -0.4 is 16.4 Å². The minimum atomic E-state index is -1.30. The van der Waals surface area contributed by atoms with Gasteiger partial charge < -0.3 is 26.2 Å². The number of carbonyl (C=O) groups is 3. The number of anilines is 2. The first kappa shape index (κ1) is 15.6. The monoisotopic (exact) mass is 307 g/mol. The van der Waals surface area contributed by atoms with Crippen LogP contribution in [0.3, 0.4) is 0 Å². The molecule has 8 nitrogen and oxygen atoms in total. The number of carboxylic acid groups (broad SMARTS) is 1. The van der Waals surface area contributed by atoms with Gasteiger partial charge in [-0.05, 0) is 37.1 Å². The molecule has 1 aromatic carbocycles. The SMILES string of the molecule is COC(=O)C1(NC(=O)Nc2ccc(N)cc2)CC(C(=O)O)C1. The molecule has 1 aliphatic carbocycles. The molecule has 1 aromatic rings. The Kier molecular flexibility index (Phi) is 4.20. The van der Waals surface area contributed by atoms with E-state index in [4.69, 9.17) is 10.8 Å². The molecule has 5 N–H and O–H groups in total. The van der Waals surface area contributed by atoms with Gasteiger partial charge in [0, 0.05) is 11.4 Å². The summed E-state index contributed by atoms with van der Waals surface area (Å²) in [5.74, 6) is -2.33. The van der Waals surface area contributed by atoms with Crippen LogP contribution in [0.15, 0.2) is 24.3 Å². The van der Waals surface area contributed by atoms with Crippen molar-refractivity contribution in [1.29, 1.82) is 0 Å². The lowest BCUT2D eigenvalue weighted by atomic mass is 9.68. The van der Waals surface area contributed by atoms with E-state index in [2.05, 4.69) is 15.4 Å². The number of hydrogen-bond acceptors (Lipinski definition) is 5. The smallest absolute Gasteiger partial charge is 0.331 e. The summed E-state index contributed by atoms with van der Waals surface area (Å²) in [6.45, 7) is 0. The second-order valence-electron chi connectivity index (χ2n) is 5.22. The van der Waals surface area contributed by atoms with Crippen molar-refractivity contribution in [2.75, 3.05) is 18.2 Å². The van der Waals surface area contributed by atoms with Crippen LogP contribution in [0, 0.1) is 5.92 Å². The van der Waals surface area contributed by atoms with Gasteiger partial charge in [-0.3, -0.25) is 4.79 Å². The van der Waals surface area contributed by atoms with Gasteiger partial charge in [-0.15, -0.1) is 0 Å². The third kappa shape index (κ3) is 3.11. The molecule has 1 fully saturated rings. The number of hydrogen-bond donors (Lipinski definition) is 4. The third-order valence-corrected chi connectivity index (χ3v) is 3.64. The van der Waals surface area contributed by atoms with E-state index >= 15 is 0 Å². The summed E-state index contributed by atoms with van der Waals surface area (Å²) in [4.78, 5) is 34.7. The van der Waals surface area contributed by atoms with Crippen molar-refractivity contribution in [1.82, 2.24) is 5.32 Å². The number of carboxylic acids is 1.